The number of nitrogens with zero attached hydrogens (tertiary/aromatic N) is 1. The molecule has 1 aliphatic heterocycles. The first-order chi connectivity index (χ1) is 10.2. The first-order valence-corrected chi connectivity index (χ1v) is 6.99. The normalized spacial score (nSPS) is 18.0. The standard InChI is InChI=1S/C15H19NO5/c17-9-5-4-8-14-13(18)10-16(21-14)15(19)20-11-12-6-2-1-3-7-12/h1-3,6-7,14,17H,4-5,8-11H2. The Kier molecular flexibility index (Phi) is 5.71. The molecule has 1 aliphatic rings. The van der Waals surface area contributed by atoms with Crippen LogP contribution in [-0.4, -0.2) is 41.3 Å². The number of Topliss-reactive ketones (excluding diaryl/α,β-unsaturated/α-hetero) is 1. The van der Waals surface area contributed by atoms with Gasteiger partial charge in [0.25, 0.3) is 0 Å². The van der Waals surface area contributed by atoms with Gasteiger partial charge in [-0.1, -0.05) is 30.3 Å². The van der Waals surface area contributed by atoms with E-state index in [1.165, 1.54) is 0 Å². The SMILES string of the molecule is O=C1CN(C(=O)OCc2ccccc2)OC1CCCCO. The molecule has 6 nitrogen and oxygen atoms in total. The van der Waals surface area contributed by atoms with Crippen molar-refractivity contribution in [2.75, 3.05) is 13.2 Å². The van der Waals surface area contributed by atoms with Crippen molar-refractivity contribution in [1.29, 1.82) is 0 Å². The number of ether oxygens (including phenoxy) is 1. The van der Waals surface area contributed by atoms with Crippen LogP contribution in [0.15, 0.2) is 30.3 Å². The summed E-state index contributed by atoms with van der Waals surface area (Å²) in [7, 11) is 0. The van der Waals surface area contributed by atoms with Crippen molar-refractivity contribution in [3.05, 3.63) is 35.9 Å². The summed E-state index contributed by atoms with van der Waals surface area (Å²) in [5, 5.41) is 9.68. The number of unbranched alkanes of at least 4 members (excludes halogenated alkanes) is 1. The second kappa shape index (κ2) is 7.75. The summed E-state index contributed by atoms with van der Waals surface area (Å²) in [5.74, 6) is -0.135. The molecule has 1 amide bonds. The van der Waals surface area contributed by atoms with Crippen LogP contribution in [0.5, 0.6) is 0 Å². The first-order valence-electron chi connectivity index (χ1n) is 6.99. The number of hydroxylamine groups is 2. The van der Waals surface area contributed by atoms with E-state index in [0.29, 0.717) is 19.3 Å². The average molecular weight is 293 g/mol. The van der Waals surface area contributed by atoms with E-state index in [4.69, 9.17) is 14.7 Å². The lowest BCUT2D eigenvalue weighted by Crippen LogP contribution is -2.28. The molecule has 1 fully saturated rings. The average Bonchev–Trinajstić information content (AvgIpc) is 2.87. The quantitative estimate of drug-likeness (QED) is 0.807. The Morgan fingerprint density at radius 2 is 2.10 bits per heavy atom. The molecule has 2 rings (SSSR count). The second-order valence-electron chi connectivity index (χ2n) is 4.86. The number of rotatable bonds is 6. The molecule has 1 unspecified atom stereocenters. The maximum atomic E-state index is 11.8. The fourth-order valence-electron chi connectivity index (χ4n) is 2.05. The van der Waals surface area contributed by atoms with Crippen LogP contribution in [0.25, 0.3) is 0 Å². The van der Waals surface area contributed by atoms with Crippen LogP contribution in [0.2, 0.25) is 0 Å². The number of carbonyl (C=O) groups is 2. The molecule has 1 heterocycles. The molecule has 1 atom stereocenters. The lowest BCUT2D eigenvalue weighted by atomic mass is 10.1. The fraction of sp³-hybridized carbons (Fsp3) is 0.467. The summed E-state index contributed by atoms with van der Waals surface area (Å²) in [6.07, 6.45) is 0.533. The minimum atomic E-state index is -0.656. The maximum absolute atomic E-state index is 11.8. The molecule has 21 heavy (non-hydrogen) atoms. The van der Waals surface area contributed by atoms with Gasteiger partial charge in [-0.25, -0.2) is 4.79 Å². The molecule has 0 bridgehead atoms. The third-order valence-corrected chi connectivity index (χ3v) is 3.20. The number of benzene rings is 1. The molecule has 1 N–H and O–H groups in total. The molecular formula is C15H19NO5. The Balaban J connectivity index is 1.77. The third-order valence-electron chi connectivity index (χ3n) is 3.20. The largest absolute Gasteiger partial charge is 0.443 e. The lowest BCUT2D eigenvalue weighted by Gasteiger charge is -2.15. The van der Waals surface area contributed by atoms with E-state index in [2.05, 4.69) is 0 Å². The maximum Gasteiger partial charge on any atom is 0.434 e. The Bertz CT molecular complexity index is 476. The van der Waals surface area contributed by atoms with E-state index in [9.17, 15) is 9.59 Å². The predicted molar refractivity (Wildman–Crippen MR) is 74.1 cm³/mol. The van der Waals surface area contributed by atoms with Crippen LogP contribution in [0.4, 0.5) is 4.79 Å². The van der Waals surface area contributed by atoms with Gasteiger partial charge in [0.15, 0.2) is 5.78 Å². The third kappa shape index (κ3) is 4.54. The zero-order valence-corrected chi connectivity index (χ0v) is 11.7. The van der Waals surface area contributed by atoms with Crippen LogP contribution in [0.3, 0.4) is 0 Å². The molecule has 0 radical (unpaired) electrons. The van der Waals surface area contributed by atoms with Gasteiger partial charge in [0.05, 0.1) is 0 Å². The molecule has 114 valence electrons. The van der Waals surface area contributed by atoms with Crippen LogP contribution in [0, 0.1) is 0 Å². The zero-order chi connectivity index (χ0) is 15.1. The van der Waals surface area contributed by atoms with E-state index >= 15 is 0 Å². The van der Waals surface area contributed by atoms with Crippen molar-refractivity contribution in [2.24, 2.45) is 0 Å². The van der Waals surface area contributed by atoms with Gasteiger partial charge >= 0.3 is 6.09 Å². The summed E-state index contributed by atoms with van der Waals surface area (Å²) in [4.78, 5) is 28.8. The summed E-state index contributed by atoms with van der Waals surface area (Å²) in [6.45, 7) is 0.143. The number of amides is 1. The molecule has 6 heteroatoms. The molecule has 0 aliphatic carbocycles. The number of ketones is 1. The molecule has 0 aromatic heterocycles. The number of aliphatic hydroxyl groups is 1. The van der Waals surface area contributed by atoms with Crippen molar-refractivity contribution >= 4 is 11.9 Å². The number of hydrogen-bond donors (Lipinski definition) is 1. The Morgan fingerprint density at radius 1 is 1.33 bits per heavy atom. The van der Waals surface area contributed by atoms with Gasteiger partial charge in [-0.15, -0.1) is 0 Å². The van der Waals surface area contributed by atoms with Crippen molar-refractivity contribution in [3.8, 4) is 0 Å². The van der Waals surface area contributed by atoms with Gasteiger partial charge in [-0.3, -0.25) is 9.63 Å². The van der Waals surface area contributed by atoms with E-state index in [1.807, 2.05) is 30.3 Å². The topological polar surface area (TPSA) is 76.1 Å². The predicted octanol–water partition coefficient (Wildman–Crippen LogP) is 1.67. The summed E-state index contributed by atoms with van der Waals surface area (Å²) in [5.41, 5.74) is 0.871. The summed E-state index contributed by atoms with van der Waals surface area (Å²) < 4.78 is 5.10. The van der Waals surface area contributed by atoms with Gasteiger partial charge < -0.3 is 9.84 Å². The number of hydrogen-bond acceptors (Lipinski definition) is 5. The molecule has 1 saturated heterocycles. The molecule has 0 saturated carbocycles. The van der Waals surface area contributed by atoms with E-state index in [-0.39, 0.29) is 25.5 Å². The molecular weight excluding hydrogens is 274 g/mol. The molecule has 1 aromatic rings. The van der Waals surface area contributed by atoms with Crippen LogP contribution >= 0.6 is 0 Å². The van der Waals surface area contributed by atoms with E-state index in [0.717, 1.165) is 10.6 Å². The Hall–Kier alpha value is -1.92. The van der Waals surface area contributed by atoms with Crippen molar-refractivity contribution in [2.45, 2.75) is 32.0 Å². The van der Waals surface area contributed by atoms with Gasteiger partial charge in [-0.05, 0) is 24.8 Å². The van der Waals surface area contributed by atoms with E-state index in [1.54, 1.807) is 0 Å². The Labute approximate surface area is 123 Å². The van der Waals surface area contributed by atoms with Gasteiger partial charge in [-0.2, -0.15) is 5.06 Å². The van der Waals surface area contributed by atoms with Gasteiger partial charge in [0.2, 0.25) is 0 Å². The minimum absolute atomic E-state index is 0.0859. The highest BCUT2D eigenvalue weighted by molar-refractivity contribution is 5.89. The van der Waals surface area contributed by atoms with Crippen molar-refractivity contribution in [3.63, 3.8) is 0 Å². The fourth-order valence-corrected chi connectivity index (χ4v) is 2.05. The van der Waals surface area contributed by atoms with Gasteiger partial charge in [0, 0.05) is 6.61 Å². The smallest absolute Gasteiger partial charge is 0.434 e. The highest BCUT2D eigenvalue weighted by Gasteiger charge is 2.35. The second-order valence-corrected chi connectivity index (χ2v) is 4.86. The van der Waals surface area contributed by atoms with Crippen LogP contribution < -0.4 is 0 Å². The highest BCUT2D eigenvalue weighted by atomic mass is 16.7. The molecule has 1 aromatic carbocycles. The summed E-state index contributed by atoms with van der Waals surface area (Å²) >= 11 is 0. The monoisotopic (exact) mass is 293 g/mol. The summed E-state index contributed by atoms with van der Waals surface area (Å²) in [6, 6.07) is 9.29. The highest BCUT2D eigenvalue weighted by Crippen LogP contribution is 2.17. The molecule has 0 spiro atoms. The van der Waals surface area contributed by atoms with Crippen molar-refractivity contribution in [1.82, 2.24) is 5.06 Å². The zero-order valence-electron chi connectivity index (χ0n) is 11.7. The number of aliphatic hydroxyl groups excluding tert-OH is 1. The minimum Gasteiger partial charge on any atom is -0.443 e. The Morgan fingerprint density at radius 3 is 2.81 bits per heavy atom. The van der Waals surface area contributed by atoms with Crippen LogP contribution in [0.1, 0.15) is 24.8 Å². The first kappa shape index (κ1) is 15.5. The van der Waals surface area contributed by atoms with Crippen LogP contribution in [-0.2, 0) is 21.0 Å². The number of carbonyl (C=O) groups excluding carboxylic acids is 2. The van der Waals surface area contributed by atoms with Crippen molar-refractivity contribution < 1.29 is 24.3 Å². The van der Waals surface area contributed by atoms with E-state index < -0.39 is 12.2 Å². The lowest BCUT2D eigenvalue weighted by molar-refractivity contribution is -0.137. The van der Waals surface area contributed by atoms with Gasteiger partial charge in [0.1, 0.15) is 19.3 Å².